The summed E-state index contributed by atoms with van der Waals surface area (Å²) < 4.78 is 14.1. The molecule has 2 rings (SSSR count). The summed E-state index contributed by atoms with van der Waals surface area (Å²) in [6, 6.07) is 3.97. The van der Waals surface area contributed by atoms with Crippen molar-refractivity contribution in [2.24, 2.45) is 0 Å². The van der Waals surface area contributed by atoms with E-state index in [0.29, 0.717) is 20.2 Å². The van der Waals surface area contributed by atoms with Gasteiger partial charge in [-0.05, 0) is 50.1 Å². The number of amides is 1. The van der Waals surface area contributed by atoms with E-state index in [-0.39, 0.29) is 10.9 Å². The first-order valence-corrected chi connectivity index (χ1v) is 7.00. The summed E-state index contributed by atoms with van der Waals surface area (Å²) in [5, 5.41) is 2.72. The Morgan fingerprint density at radius 1 is 1.26 bits per heavy atom. The van der Waals surface area contributed by atoms with Gasteiger partial charge in [0.2, 0.25) is 0 Å². The molecule has 2 aromatic rings. The van der Waals surface area contributed by atoms with Crippen LogP contribution in [-0.2, 0) is 0 Å². The summed E-state index contributed by atoms with van der Waals surface area (Å²) in [4.78, 5) is 15.9. The zero-order valence-electron chi connectivity index (χ0n) is 9.25. The highest BCUT2D eigenvalue weighted by atomic mass is 79.9. The van der Waals surface area contributed by atoms with Crippen LogP contribution in [0.3, 0.4) is 0 Å². The van der Waals surface area contributed by atoms with Crippen molar-refractivity contribution in [2.75, 3.05) is 5.32 Å². The van der Waals surface area contributed by atoms with Gasteiger partial charge in [-0.1, -0.05) is 11.6 Å². The lowest BCUT2D eigenvalue weighted by Gasteiger charge is -2.09. The number of carbonyl (C=O) groups excluding carboxylic acids is 1. The highest BCUT2D eigenvalue weighted by molar-refractivity contribution is 9.10. The van der Waals surface area contributed by atoms with Crippen LogP contribution in [-0.4, -0.2) is 10.9 Å². The minimum absolute atomic E-state index is 0.114. The van der Waals surface area contributed by atoms with E-state index in [1.165, 1.54) is 12.3 Å². The summed E-state index contributed by atoms with van der Waals surface area (Å²) in [5.41, 5.74) is 0.676. The number of pyridine rings is 1. The molecule has 98 valence electrons. The van der Waals surface area contributed by atoms with Crippen LogP contribution < -0.4 is 5.32 Å². The van der Waals surface area contributed by atoms with Gasteiger partial charge in [0, 0.05) is 21.3 Å². The first-order chi connectivity index (χ1) is 8.97. The molecule has 0 unspecified atom stereocenters. The Bertz CT molecular complexity index is 628. The van der Waals surface area contributed by atoms with E-state index in [0.717, 1.165) is 6.07 Å². The normalized spacial score (nSPS) is 10.3. The van der Waals surface area contributed by atoms with Crippen LogP contribution in [0.15, 0.2) is 39.5 Å². The Hall–Kier alpha value is -0.980. The molecule has 0 fully saturated rings. The first kappa shape index (κ1) is 14.4. The minimum Gasteiger partial charge on any atom is -0.320 e. The third-order valence-corrected chi connectivity index (χ3v) is 3.57. The van der Waals surface area contributed by atoms with E-state index in [4.69, 9.17) is 11.6 Å². The Morgan fingerprint density at radius 2 is 2.00 bits per heavy atom. The number of hydrogen-bond donors (Lipinski definition) is 1. The van der Waals surface area contributed by atoms with Crippen molar-refractivity contribution in [1.29, 1.82) is 0 Å². The summed E-state index contributed by atoms with van der Waals surface area (Å²) >= 11 is 12.3. The molecule has 3 nitrogen and oxygen atoms in total. The standard InChI is InChI=1S/C12H6Br2ClFN2O/c13-7-1-6(4-17-5-7)12(19)18-11-9(14)2-8(16)3-10(11)15/h1-5H,(H,18,19). The molecule has 0 aliphatic heterocycles. The molecule has 19 heavy (non-hydrogen) atoms. The molecular formula is C12H6Br2ClFN2O. The molecular weight excluding hydrogens is 402 g/mol. The van der Waals surface area contributed by atoms with Gasteiger partial charge in [-0.2, -0.15) is 0 Å². The van der Waals surface area contributed by atoms with Gasteiger partial charge < -0.3 is 5.32 Å². The van der Waals surface area contributed by atoms with Crippen molar-refractivity contribution >= 4 is 55.1 Å². The molecule has 0 radical (unpaired) electrons. The van der Waals surface area contributed by atoms with Crippen LogP contribution in [0.5, 0.6) is 0 Å². The molecule has 0 saturated heterocycles. The Kier molecular flexibility index (Phi) is 4.54. The van der Waals surface area contributed by atoms with E-state index in [9.17, 15) is 9.18 Å². The highest BCUT2D eigenvalue weighted by Gasteiger charge is 2.13. The zero-order chi connectivity index (χ0) is 14.0. The molecule has 1 N–H and O–H groups in total. The molecule has 1 aromatic heterocycles. The molecule has 0 saturated carbocycles. The van der Waals surface area contributed by atoms with Gasteiger partial charge in [0.25, 0.3) is 5.91 Å². The quantitative estimate of drug-likeness (QED) is 0.786. The van der Waals surface area contributed by atoms with Crippen molar-refractivity contribution in [3.63, 3.8) is 0 Å². The summed E-state index contributed by atoms with van der Waals surface area (Å²) in [6.07, 6.45) is 2.99. The minimum atomic E-state index is -0.487. The Labute approximate surface area is 130 Å². The SMILES string of the molecule is O=C(Nc1c(Cl)cc(F)cc1Br)c1cncc(Br)c1. The number of benzene rings is 1. The summed E-state index contributed by atoms with van der Waals surface area (Å²) in [5.74, 6) is -0.873. The van der Waals surface area contributed by atoms with Gasteiger partial charge in [0.15, 0.2) is 0 Å². The molecule has 0 atom stereocenters. The highest BCUT2D eigenvalue weighted by Crippen LogP contribution is 2.32. The lowest BCUT2D eigenvalue weighted by atomic mass is 10.2. The van der Waals surface area contributed by atoms with Gasteiger partial charge in [-0.15, -0.1) is 0 Å². The van der Waals surface area contributed by atoms with Gasteiger partial charge in [-0.3, -0.25) is 9.78 Å². The molecule has 1 amide bonds. The predicted molar refractivity (Wildman–Crippen MR) is 79.0 cm³/mol. The average Bonchev–Trinajstić information content (AvgIpc) is 2.33. The second-order valence-corrected chi connectivity index (χ2v) is 5.77. The van der Waals surface area contributed by atoms with Crippen LogP contribution in [0.25, 0.3) is 0 Å². The van der Waals surface area contributed by atoms with E-state index < -0.39 is 5.82 Å². The second-order valence-electron chi connectivity index (χ2n) is 3.59. The van der Waals surface area contributed by atoms with Crippen LogP contribution in [0.4, 0.5) is 10.1 Å². The third-order valence-electron chi connectivity index (χ3n) is 2.21. The lowest BCUT2D eigenvalue weighted by molar-refractivity contribution is 0.102. The Morgan fingerprint density at radius 3 is 2.63 bits per heavy atom. The fourth-order valence-corrected chi connectivity index (χ4v) is 2.65. The first-order valence-electron chi connectivity index (χ1n) is 5.04. The molecule has 0 bridgehead atoms. The number of hydrogen-bond acceptors (Lipinski definition) is 2. The van der Waals surface area contributed by atoms with Crippen LogP contribution in [0.1, 0.15) is 10.4 Å². The summed E-state index contributed by atoms with van der Waals surface area (Å²) in [7, 11) is 0. The fraction of sp³-hybridized carbons (Fsp3) is 0. The van der Waals surface area contributed by atoms with Crippen molar-refractivity contribution in [3.8, 4) is 0 Å². The van der Waals surface area contributed by atoms with Gasteiger partial charge in [0.1, 0.15) is 5.82 Å². The predicted octanol–water partition coefficient (Wildman–Crippen LogP) is 4.65. The van der Waals surface area contributed by atoms with Crippen LogP contribution in [0.2, 0.25) is 5.02 Å². The van der Waals surface area contributed by atoms with Crippen LogP contribution in [0, 0.1) is 5.82 Å². The number of halogens is 4. The maximum Gasteiger partial charge on any atom is 0.257 e. The van der Waals surface area contributed by atoms with E-state index >= 15 is 0 Å². The molecule has 0 aliphatic carbocycles. The average molecular weight is 408 g/mol. The number of nitrogens with one attached hydrogen (secondary N) is 1. The summed E-state index contributed by atoms with van der Waals surface area (Å²) in [6.45, 7) is 0. The van der Waals surface area contributed by atoms with Crippen molar-refractivity contribution in [2.45, 2.75) is 0 Å². The maximum absolute atomic E-state index is 13.1. The maximum atomic E-state index is 13.1. The Balaban J connectivity index is 2.29. The van der Waals surface area contributed by atoms with E-state index in [2.05, 4.69) is 42.2 Å². The third kappa shape index (κ3) is 3.52. The monoisotopic (exact) mass is 406 g/mol. The van der Waals surface area contributed by atoms with Crippen molar-refractivity contribution in [1.82, 2.24) is 4.98 Å². The smallest absolute Gasteiger partial charge is 0.257 e. The molecule has 0 spiro atoms. The fourth-order valence-electron chi connectivity index (χ4n) is 1.38. The molecule has 7 heteroatoms. The number of aromatic nitrogens is 1. The lowest BCUT2D eigenvalue weighted by Crippen LogP contribution is -2.13. The van der Waals surface area contributed by atoms with Gasteiger partial charge >= 0.3 is 0 Å². The number of nitrogens with zero attached hydrogens (tertiary/aromatic N) is 1. The number of rotatable bonds is 2. The topological polar surface area (TPSA) is 42.0 Å². The molecule has 1 heterocycles. The van der Waals surface area contributed by atoms with Crippen molar-refractivity contribution in [3.05, 3.63) is 55.9 Å². The van der Waals surface area contributed by atoms with E-state index in [1.807, 2.05) is 0 Å². The molecule has 1 aromatic carbocycles. The zero-order valence-corrected chi connectivity index (χ0v) is 13.2. The van der Waals surface area contributed by atoms with E-state index in [1.54, 1.807) is 12.3 Å². The number of anilines is 1. The van der Waals surface area contributed by atoms with Gasteiger partial charge in [0.05, 0.1) is 16.3 Å². The largest absolute Gasteiger partial charge is 0.320 e. The van der Waals surface area contributed by atoms with Crippen LogP contribution >= 0.6 is 43.5 Å². The number of carbonyl (C=O) groups is 1. The molecule has 0 aliphatic rings. The van der Waals surface area contributed by atoms with Gasteiger partial charge in [-0.25, -0.2) is 4.39 Å². The second kappa shape index (κ2) is 5.98. The van der Waals surface area contributed by atoms with Crippen molar-refractivity contribution < 1.29 is 9.18 Å².